The Labute approximate surface area is 88.5 Å². The normalized spacial score (nSPS) is 12.5. The van der Waals surface area contributed by atoms with Crippen molar-refractivity contribution in [2.75, 3.05) is 0 Å². The molecule has 0 saturated carbocycles. The number of hydrogen-bond donors (Lipinski definition) is 1. The Kier molecular flexibility index (Phi) is 3.74. The second kappa shape index (κ2) is 4.84. The summed E-state index contributed by atoms with van der Waals surface area (Å²) in [5.41, 5.74) is 7.28. The highest BCUT2D eigenvalue weighted by atomic mass is 16.6. The van der Waals surface area contributed by atoms with E-state index in [1.165, 1.54) is 6.20 Å². The summed E-state index contributed by atoms with van der Waals surface area (Å²) >= 11 is 0. The van der Waals surface area contributed by atoms with Crippen molar-refractivity contribution in [1.29, 1.82) is 0 Å². The highest BCUT2D eigenvalue weighted by Crippen LogP contribution is 2.17. The predicted molar refractivity (Wildman–Crippen MR) is 57.6 cm³/mol. The van der Waals surface area contributed by atoms with E-state index in [-0.39, 0.29) is 11.7 Å². The van der Waals surface area contributed by atoms with Gasteiger partial charge < -0.3 is 5.73 Å². The molecule has 5 heteroatoms. The Morgan fingerprint density at radius 3 is 2.80 bits per heavy atom. The van der Waals surface area contributed by atoms with Crippen molar-refractivity contribution in [2.45, 2.75) is 32.7 Å². The third-order valence-electron chi connectivity index (χ3n) is 2.33. The maximum absolute atomic E-state index is 10.6. The van der Waals surface area contributed by atoms with Crippen LogP contribution in [0.3, 0.4) is 0 Å². The van der Waals surface area contributed by atoms with Gasteiger partial charge in [0.25, 0.3) is 5.69 Å². The topological polar surface area (TPSA) is 82.0 Å². The van der Waals surface area contributed by atoms with Crippen molar-refractivity contribution in [3.63, 3.8) is 0 Å². The zero-order valence-electron chi connectivity index (χ0n) is 8.93. The zero-order valence-corrected chi connectivity index (χ0v) is 8.93. The summed E-state index contributed by atoms with van der Waals surface area (Å²) in [5, 5.41) is 10.6. The molecule has 0 saturated heterocycles. The van der Waals surface area contributed by atoms with E-state index in [2.05, 4.69) is 4.98 Å². The van der Waals surface area contributed by atoms with Crippen molar-refractivity contribution >= 4 is 5.69 Å². The monoisotopic (exact) mass is 209 g/mol. The molecule has 0 radical (unpaired) electrons. The smallest absolute Gasteiger partial charge is 0.290 e. The molecule has 0 aliphatic heterocycles. The van der Waals surface area contributed by atoms with Crippen LogP contribution in [0.4, 0.5) is 5.69 Å². The number of aromatic nitrogens is 1. The average molecular weight is 209 g/mol. The van der Waals surface area contributed by atoms with E-state index >= 15 is 0 Å². The molecule has 0 aliphatic carbocycles. The molecule has 0 amide bonds. The van der Waals surface area contributed by atoms with Crippen LogP contribution in [0.25, 0.3) is 0 Å². The lowest BCUT2D eigenvalue weighted by atomic mass is 10.1. The molecule has 15 heavy (non-hydrogen) atoms. The molecule has 0 spiro atoms. The van der Waals surface area contributed by atoms with Crippen molar-refractivity contribution < 1.29 is 4.92 Å². The van der Waals surface area contributed by atoms with Crippen molar-refractivity contribution in [2.24, 2.45) is 5.73 Å². The lowest BCUT2D eigenvalue weighted by Gasteiger charge is -2.08. The van der Waals surface area contributed by atoms with Gasteiger partial charge in [-0.1, -0.05) is 6.92 Å². The quantitative estimate of drug-likeness (QED) is 0.602. The second-order valence-electron chi connectivity index (χ2n) is 3.59. The van der Waals surface area contributed by atoms with Crippen molar-refractivity contribution in [3.05, 3.63) is 33.6 Å². The molecule has 1 heterocycles. The first kappa shape index (κ1) is 11.6. The SMILES string of the molecule is CCC(N)Cc1cc(C)c([N+](=O)[O-])cn1. The highest BCUT2D eigenvalue weighted by Gasteiger charge is 2.12. The number of nitro groups is 1. The molecule has 1 atom stereocenters. The molecule has 0 fully saturated rings. The van der Waals surface area contributed by atoms with Crippen LogP contribution in [-0.4, -0.2) is 15.9 Å². The minimum atomic E-state index is -0.425. The molecule has 0 aliphatic rings. The molecule has 82 valence electrons. The summed E-state index contributed by atoms with van der Waals surface area (Å²) in [5.74, 6) is 0. The Balaban J connectivity index is 2.87. The van der Waals surface area contributed by atoms with Crippen LogP contribution in [0.5, 0.6) is 0 Å². The van der Waals surface area contributed by atoms with Crippen LogP contribution in [0.2, 0.25) is 0 Å². The summed E-state index contributed by atoms with van der Waals surface area (Å²) in [7, 11) is 0. The van der Waals surface area contributed by atoms with Gasteiger partial charge in [-0.15, -0.1) is 0 Å². The van der Waals surface area contributed by atoms with E-state index in [0.717, 1.165) is 12.1 Å². The Morgan fingerprint density at radius 1 is 1.67 bits per heavy atom. The minimum Gasteiger partial charge on any atom is -0.327 e. The van der Waals surface area contributed by atoms with Crippen LogP contribution < -0.4 is 5.73 Å². The van der Waals surface area contributed by atoms with Crippen LogP contribution in [-0.2, 0) is 6.42 Å². The third-order valence-corrected chi connectivity index (χ3v) is 2.33. The van der Waals surface area contributed by atoms with Gasteiger partial charge in [0.2, 0.25) is 0 Å². The molecule has 1 rings (SSSR count). The van der Waals surface area contributed by atoms with E-state index in [0.29, 0.717) is 12.0 Å². The number of nitrogens with zero attached hydrogens (tertiary/aromatic N) is 2. The fourth-order valence-electron chi connectivity index (χ4n) is 1.32. The molecule has 1 aromatic rings. The summed E-state index contributed by atoms with van der Waals surface area (Å²) in [4.78, 5) is 14.2. The van der Waals surface area contributed by atoms with Crippen LogP contribution in [0.15, 0.2) is 12.3 Å². The maximum atomic E-state index is 10.6. The Morgan fingerprint density at radius 2 is 2.33 bits per heavy atom. The average Bonchev–Trinajstić information content (AvgIpc) is 2.17. The molecule has 0 bridgehead atoms. The zero-order chi connectivity index (χ0) is 11.4. The fraction of sp³-hybridized carbons (Fsp3) is 0.500. The summed E-state index contributed by atoms with van der Waals surface area (Å²) in [6, 6.07) is 1.80. The van der Waals surface area contributed by atoms with E-state index in [1.54, 1.807) is 13.0 Å². The van der Waals surface area contributed by atoms with Crippen LogP contribution in [0, 0.1) is 17.0 Å². The Hall–Kier alpha value is -1.49. The molecule has 5 nitrogen and oxygen atoms in total. The van der Waals surface area contributed by atoms with Gasteiger partial charge in [-0.2, -0.15) is 0 Å². The number of pyridine rings is 1. The van der Waals surface area contributed by atoms with Gasteiger partial charge in [0.05, 0.1) is 4.92 Å². The van der Waals surface area contributed by atoms with Gasteiger partial charge in [-0.3, -0.25) is 15.1 Å². The summed E-state index contributed by atoms with van der Waals surface area (Å²) in [6.07, 6.45) is 2.83. The molecule has 1 unspecified atom stereocenters. The van der Waals surface area contributed by atoms with Gasteiger partial charge in [-0.05, 0) is 19.4 Å². The van der Waals surface area contributed by atoms with E-state index in [1.807, 2.05) is 6.92 Å². The lowest BCUT2D eigenvalue weighted by molar-refractivity contribution is -0.385. The van der Waals surface area contributed by atoms with E-state index in [9.17, 15) is 10.1 Å². The van der Waals surface area contributed by atoms with Crippen molar-refractivity contribution in [3.8, 4) is 0 Å². The lowest BCUT2D eigenvalue weighted by Crippen LogP contribution is -2.22. The third kappa shape index (κ3) is 2.99. The van der Waals surface area contributed by atoms with Crippen molar-refractivity contribution in [1.82, 2.24) is 4.98 Å². The van der Waals surface area contributed by atoms with Crippen LogP contribution in [0.1, 0.15) is 24.6 Å². The predicted octanol–water partition coefficient (Wildman–Crippen LogP) is 1.58. The minimum absolute atomic E-state index is 0.0591. The maximum Gasteiger partial charge on any atom is 0.290 e. The second-order valence-corrected chi connectivity index (χ2v) is 3.59. The first-order chi connectivity index (χ1) is 7.04. The van der Waals surface area contributed by atoms with Gasteiger partial charge in [-0.25, -0.2) is 0 Å². The number of rotatable bonds is 4. The fourth-order valence-corrected chi connectivity index (χ4v) is 1.32. The van der Waals surface area contributed by atoms with Gasteiger partial charge in [0.15, 0.2) is 0 Å². The van der Waals surface area contributed by atoms with E-state index < -0.39 is 4.92 Å². The molecular formula is C10H15N3O2. The standard InChI is InChI=1S/C10H15N3O2/c1-3-8(11)5-9-4-7(2)10(6-12-9)13(14)15/h4,6,8H,3,5,11H2,1-2H3. The first-order valence-electron chi connectivity index (χ1n) is 4.90. The summed E-state index contributed by atoms with van der Waals surface area (Å²) in [6.45, 7) is 3.71. The highest BCUT2D eigenvalue weighted by molar-refractivity contribution is 5.37. The van der Waals surface area contributed by atoms with E-state index in [4.69, 9.17) is 5.73 Å². The molecule has 0 aromatic carbocycles. The van der Waals surface area contributed by atoms with Gasteiger partial charge in [0, 0.05) is 23.7 Å². The Bertz CT molecular complexity index is 366. The van der Waals surface area contributed by atoms with Crippen LogP contribution >= 0.6 is 0 Å². The number of aryl methyl sites for hydroxylation is 1. The van der Waals surface area contributed by atoms with Gasteiger partial charge in [0.1, 0.15) is 6.20 Å². The van der Waals surface area contributed by atoms with Gasteiger partial charge >= 0.3 is 0 Å². The first-order valence-corrected chi connectivity index (χ1v) is 4.90. The summed E-state index contributed by atoms with van der Waals surface area (Å²) < 4.78 is 0. The number of nitrogens with two attached hydrogens (primary N) is 1. The largest absolute Gasteiger partial charge is 0.327 e. The molecule has 1 aromatic heterocycles. The number of hydrogen-bond acceptors (Lipinski definition) is 4. The molecular weight excluding hydrogens is 194 g/mol. The molecule has 2 N–H and O–H groups in total.